The third kappa shape index (κ3) is 4.65. The van der Waals surface area contributed by atoms with Crippen molar-refractivity contribution in [3.8, 4) is 0 Å². The maximum absolute atomic E-state index is 5.69. The van der Waals surface area contributed by atoms with E-state index in [1.54, 1.807) is 7.11 Å². The summed E-state index contributed by atoms with van der Waals surface area (Å²) in [6.07, 6.45) is 2.78. The highest BCUT2D eigenvalue weighted by atomic mass is 16.5. The van der Waals surface area contributed by atoms with Gasteiger partial charge in [-0.25, -0.2) is 0 Å². The van der Waals surface area contributed by atoms with E-state index in [-0.39, 0.29) is 0 Å². The van der Waals surface area contributed by atoms with Crippen molar-refractivity contribution in [2.75, 3.05) is 46.6 Å². The summed E-state index contributed by atoms with van der Waals surface area (Å²) in [6, 6.07) is 0.579. The fourth-order valence-corrected chi connectivity index (χ4v) is 3.56. The van der Waals surface area contributed by atoms with Crippen LogP contribution >= 0.6 is 0 Å². The SMILES string of the molecule is COCCOCCN1CC(C)(C2CC2)NCC1C(C)(C)C. The number of nitrogens with one attached hydrogen (secondary N) is 1. The highest BCUT2D eigenvalue weighted by Gasteiger charge is 2.47. The number of hydrogen-bond donors (Lipinski definition) is 1. The summed E-state index contributed by atoms with van der Waals surface area (Å²) in [5.74, 6) is 0.871. The van der Waals surface area contributed by atoms with Gasteiger partial charge in [0.05, 0.1) is 19.8 Å². The Hall–Kier alpha value is -0.160. The van der Waals surface area contributed by atoms with Crippen LogP contribution < -0.4 is 5.32 Å². The molecule has 2 aliphatic rings. The number of rotatable bonds is 7. The fourth-order valence-electron chi connectivity index (χ4n) is 3.56. The Labute approximate surface area is 130 Å². The Kier molecular flexibility index (Phi) is 5.69. The summed E-state index contributed by atoms with van der Waals surface area (Å²) >= 11 is 0. The van der Waals surface area contributed by atoms with Crippen molar-refractivity contribution in [3.05, 3.63) is 0 Å². The second kappa shape index (κ2) is 6.95. The maximum atomic E-state index is 5.69. The molecule has 4 heteroatoms. The first-order valence-electron chi connectivity index (χ1n) is 8.42. The predicted octanol–water partition coefficient (Wildman–Crippen LogP) is 2.14. The molecular formula is C17H34N2O2. The molecule has 0 aromatic rings. The van der Waals surface area contributed by atoms with Crippen molar-refractivity contribution in [3.63, 3.8) is 0 Å². The van der Waals surface area contributed by atoms with Gasteiger partial charge in [0, 0.05) is 38.3 Å². The molecular weight excluding hydrogens is 264 g/mol. The molecule has 0 amide bonds. The van der Waals surface area contributed by atoms with E-state index in [0.29, 0.717) is 30.2 Å². The summed E-state index contributed by atoms with van der Waals surface area (Å²) < 4.78 is 10.7. The molecule has 2 unspecified atom stereocenters. The van der Waals surface area contributed by atoms with Gasteiger partial charge in [-0.3, -0.25) is 4.90 Å². The lowest BCUT2D eigenvalue weighted by Gasteiger charge is -2.51. The minimum Gasteiger partial charge on any atom is -0.382 e. The summed E-state index contributed by atoms with van der Waals surface area (Å²) in [5.41, 5.74) is 0.596. The van der Waals surface area contributed by atoms with E-state index >= 15 is 0 Å². The van der Waals surface area contributed by atoms with Crippen LogP contribution in [0.4, 0.5) is 0 Å². The molecule has 1 saturated carbocycles. The smallest absolute Gasteiger partial charge is 0.0700 e. The number of piperazine rings is 1. The minimum absolute atomic E-state index is 0.296. The Balaban J connectivity index is 1.89. The van der Waals surface area contributed by atoms with Crippen LogP contribution in [-0.2, 0) is 9.47 Å². The number of hydrogen-bond acceptors (Lipinski definition) is 4. The van der Waals surface area contributed by atoms with Gasteiger partial charge in [-0.05, 0) is 31.1 Å². The van der Waals surface area contributed by atoms with Gasteiger partial charge in [0.15, 0.2) is 0 Å². The Bertz CT molecular complexity index is 325. The molecule has 2 fully saturated rings. The molecule has 1 heterocycles. The van der Waals surface area contributed by atoms with Crippen LogP contribution in [0, 0.1) is 11.3 Å². The van der Waals surface area contributed by atoms with E-state index in [2.05, 4.69) is 37.9 Å². The van der Waals surface area contributed by atoms with Crippen LogP contribution in [0.1, 0.15) is 40.5 Å². The summed E-state index contributed by atoms with van der Waals surface area (Å²) in [4.78, 5) is 2.65. The zero-order chi connectivity index (χ0) is 15.5. The Morgan fingerprint density at radius 1 is 1.19 bits per heavy atom. The molecule has 1 saturated heterocycles. The van der Waals surface area contributed by atoms with E-state index < -0.39 is 0 Å². The fraction of sp³-hybridized carbons (Fsp3) is 1.00. The molecule has 2 rings (SSSR count). The van der Waals surface area contributed by atoms with Gasteiger partial charge >= 0.3 is 0 Å². The highest BCUT2D eigenvalue weighted by Crippen LogP contribution is 2.42. The molecule has 2 atom stereocenters. The van der Waals surface area contributed by atoms with E-state index in [0.717, 1.165) is 32.2 Å². The summed E-state index contributed by atoms with van der Waals surface area (Å²) in [5, 5.41) is 3.85. The number of ether oxygens (including phenoxy) is 2. The first-order valence-corrected chi connectivity index (χ1v) is 8.42. The second-order valence-corrected chi connectivity index (χ2v) is 8.03. The molecule has 0 aromatic carbocycles. The number of methoxy groups -OCH3 is 1. The van der Waals surface area contributed by atoms with Crippen molar-refractivity contribution in [1.82, 2.24) is 10.2 Å². The lowest BCUT2D eigenvalue weighted by Crippen LogP contribution is -2.67. The van der Waals surface area contributed by atoms with Crippen LogP contribution in [0.5, 0.6) is 0 Å². The predicted molar refractivity (Wildman–Crippen MR) is 86.6 cm³/mol. The van der Waals surface area contributed by atoms with Crippen molar-refractivity contribution in [1.29, 1.82) is 0 Å². The largest absolute Gasteiger partial charge is 0.382 e. The third-order valence-corrected chi connectivity index (χ3v) is 5.10. The second-order valence-electron chi connectivity index (χ2n) is 8.03. The third-order valence-electron chi connectivity index (χ3n) is 5.10. The van der Waals surface area contributed by atoms with Crippen molar-refractivity contribution in [2.24, 2.45) is 11.3 Å². The van der Waals surface area contributed by atoms with Gasteiger partial charge in [-0.1, -0.05) is 20.8 Å². The molecule has 1 aliphatic carbocycles. The first-order chi connectivity index (χ1) is 9.87. The van der Waals surface area contributed by atoms with E-state index in [4.69, 9.17) is 9.47 Å². The molecule has 0 bridgehead atoms. The monoisotopic (exact) mass is 298 g/mol. The normalized spacial score (nSPS) is 31.6. The maximum Gasteiger partial charge on any atom is 0.0700 e. The van der Waals surface area contributed by atoms with Gasteiger partial charge < -0.3 is 14.8 Å². The topological polar surface area (TPSA) is 33.7 Å². The van der Waals surface area contributed by atoms with Gasteiger partial charge in [0.2, 0.25) is 0 Å². The average molecular weight is 298 g/mol. The quantitative estimate of drug-likeness (QED) is 0.730. The van der Waals surface area contributed by atoms with Crippen LogP contribution in [0.25, 0.3) is 0 Å². The van der Waals surface area contributed by atoms with Gasteiger partial charge in [-0.15, -0.1) is 0 Å². The number of nitrogens with zero attached hydrogens (tertiary/aromatic N) is 1. The standard InChI is InChI=1S/C17H34N2O2/c1-16(2,3)15-12-18-17(4,14-6-7-14)13-19(15)8-9-21-11-10-20-5/h14-15,18H,6-13H2,1-5H3. The van der Waals surface area contributed by atoms with Gasteiger partial charge in [0.25, 0.3) is 0 Å². The zero-order valence-corrected chi connectivity index (χ0v) is 14.6. The van der Waals surface area contributed by atoms with Crippen molar-refractivity contribution < 1.29 is 9.47 Å². The molecule has 4 nitrogen and oxygen atoms in total. The average Bonchev–Trinajstić information content (AvgIpc) is 3.21. The van der Waals surface area contributed by atoms with Crippen molar-refractivity contribution >= 4 is 0 Å². The molecule has 1 aliphatic heterocycles. The summed E-state index contributed by atoms with van der Waals surface area (Å²) in [6.45, 7) is 14.9. The lowest BCUT2D eigenvalue weighted by atomic mass is 9.81. The molecule has 1 N–H and O–H groups in total. The molecule has 124 valence electrons. The summed E-state index contributed by atoms with van der Waals surface area (Å²) in [7, 11) is 1.72. The molecule has 0 radical (unpaired) electrons. The van der Waals surface area contributed by atoms with Gasteiger partial charge in [0.1, 0.15) is 0 Å². The lowest BCUT2D eigenvalue weighted by molar-refractivity contribution is -0.00704. The first kappa shape index (κ1) is 17.2. The van der Waals surface area contributed by atoms with Gasteiger partial charge in [-0.2, -0.15) is 0 Å². The van der Waals surface area contributed by atoms with Crippen LogP contribution in [0.2, 0.25) is 0 Å². The Morgan fingerprint density at radius 2 is 1.90 bits per heavy atom. The van der Waals surface area contributed by atoms with Crippen LogP contribution in [0.3, 0.4) is 0 Å². The van der Waals surface area contributed by atoms with E-state index in [9.17, 15) is 0 Å². The van der Waals surface area contributed by atoms with Crippen LogP contribution in [-0.4, -0.2) is 63.0 Å². The van der Waals surface area contributed by atoms with Crippen molar-refractivity contribution in [2.45, 2.75) is 52.1 Å². The zero-order valence-electron chi connectivity index (χ0n) is 14.6. The Morgan fingerprint density at radius 3 is 2.48 bits per heavy atom. The molecule has 0 aromatic heterocycles. The molecule has 21 heavy (non-hydrogen) atoms. The highest BCUT2D eigenvalue weighted by molar-refractivity contribution is 5.05. The van der Waals surface area contributed by atoms with E-state index in [1.807, 2.05) is 0 Å². The minimum atomic E-state index is 0.296. The molecule has 0 spiro atoms. The van der Waals surface area contributed by atoms with Crippen LogP contribution in [0.15, 0.2) is 0 Å². The van der Waals surface area contributed by atoms with E-state index in [1.165, 1.54) is 12.8 Å².